The smallest absolute Gasteiger partial charge is 0.255 e. The number of H-pyrrole nitrogens is 1. The van der Waals surface area contributed by atoms with E-state index < -0.39 is 0 Å². The van der Waals surface area contributed by atoms with Crippen LogP contribution in [-0.4, -0.2) is 20.9 Å². The van der Waals surface area contributed by atoms with Crippen LogP contribution in [0.5, 0.6) is 0 Å². The zero-order chi connectivity index (χ0) is 10.6. The van der Waals surface area contributed by atoms with Crippen LogP contribution < -0.4 is 5.56 Å². The van der Waals surface area contributed by atoms with Gasteiger partial charge in [-0.2, -0.15) is 0 Å². The Balaban J connectivity index is 2.07. The summed E-state index contributed by atoms with van der Waals surface area (Å²) in [6.07, 6.45) is 2.55. The summed E-state index contributed by atoms with van der Waals surface area (Å²) in [5, 5.41) is 0. The molecular formula is C11H15N3O. The number of nitrogens with one attached hydrogen (secondary N) is 1. The largest absolute Gasteiger partial charge is 0.310 e. The van der Waals surface area contributed by atoms with Gasteiger partial charge in [0.05, 0.1) is 11.3 Å². The predicted octanol–water partition coefficient (Wildman–Crippen LogP) is 1.12. The Bertz CT molecular complexity index is 461. The third-order valence-corrected chi connectivity index (χ3v) is 3.42. The van der Waals surface area contributed by atoms with Crippen LogP contribution in [-0.2, 0) is 6.54 Å². The highest BCUT2D eigenvalue weighted by Gasteiger charge is 2.39. The van der Waals surface area contributed by atoms with Gasteiger partial charge in [0.2, 0.25) is 0 Å². The van der Waals surface area contributed by atoms with Crippen molar-refractivity contribution in [1.82, 2.24) is 14.9 Å². The normalized spacial score (nSPS) is 25.6. The molecule has 3 rings (SSSR count). The lowest BCUT2D eigenvalue weighted by Gasteiger charge is -2.19. The second kappa shape index (κ2) is 2.92. The zero-order valence-corrected chi connectivity index (χ0v) is 9.08. The van der Waals surface area contributed by atoms with Crippen molar-refractivity contribution in [3.8, 4) is 0 Å². The number of nitrogens with zero attached hydrogens (tertiary/aromatic N) is 2. The molecule has 1 aromatic rings. The van der Waals surface area contributed by atoms with Crippen molar-refractivity contribution in [2.45, 2.75) is 45.3 Å². The molecule has 1 aromatic heterocycles. The van der Waals surface area contributed by atoms with Crippen molar-refractivity contribution in [2.24, 2.45) is 0 Å². The van der Waals surface area contributed by atoms with Crippen molar-refractivity contribution in [1.29, 1.82) is 0 Å². The van der Waals surface area contributed by atoms with E-state index in [-0.39, 0.29) is 11.6 Å². The Labute approximate surface area is 88.3 Å². The van der Waals surface area contributed by atoms with Crippen molar-refractivity contribution in [2.75, 3.05) is 0 Å². The Kier molecular flexibility index (Phi) is 1.77. The first-order valence-corrected chi connectivity index (χ1v) is 5.52. The SMILES string of the molecule is Cc1nc2c(c(=O)[nH]1)C(C)N(C1CC1)C2. The number of hydrogen-bond donors (Lipinski definition) is 1. The van der Waals surface area contributed by atoms with Crippen LogP contribution >= 0.6 is 0 Å². The first-order chi connectivity index (χ1) is 7.16. The Morgan fingerprint density at radius 1 is 1.47 bits per heavy atom. The van der Waals surface area contributed by atoms with E-state index in [0.717, 1.165) is 23.6 Å². The second-order valence-corrected chi connectivity index (χ2v) is 4.59. The molecule has 80 valence electrons. The van der Waals surface area contributed by atoms with E-state index in [2.05, 4.69) is 21.8 Å². The highest BCUT2D eigenvalue weighted by atomic mass is 16.1. The maximum atomic E-state index is 11.8. The minimum atomic E-state index is 0.0492. The second-order valence-electron chi connectivity index (χ2n) is 4.59. The Hall–Kier alpha value is -1.16. The molecule has 0 bridgehead atoms. The summed E-state index contributed by atoms with van der Waals surface area (Å²) >= 11 is 0. The lowest BCUT2D eigenvalue weighted by Crippen LogP contribution is -2.24. The van der Waals surface area contributed by atoms with Gasteiger partial charge >= 0.3 is 0 Å². The summed E-state index contributed by atoms with van der Waals surface area (Å²) in [6.45, 7) is 4.80. The van der Waals surface area contributed by atoms with Gasteiger partial charge in [-0.1, -0.05) is 0 Å². The van der Waals surface area contributed by atoms with Gasteiger partial charge in [0.25, 0.3) is 5.56 Å². The molecule has 4 nitrogen and oxygen atoms in total. The predicted molar refractivity (Wildman–Crippen MR) is 56.6 cm³/mol. The molecule has 0 spiro atoms. The highest BCUT2D eigenvalue weighted by molar-refractivity contribution is 5.27. The molecule has 1 atom stereocenters. The van der Waals surface area contributed by atoms with E-state index in [1.807, 2.05) is 6.92 Å². The first kappa shape index (κ1) is 9.09. The van der Waals surface area contributed by atoms with Gasteiger partial charge in [-0.15, -0.1) is 0 Å². The molecule has 0 radical (unpaired) electrons. The van der Waals surface area contributed by atoms with Crippen LogP contribution in [0, 0.1) is 6.92 Å². The molecule has 2 aliphatic rings. The average molecular weight is 205 g/mol. The summed E-state index contributed by atoms with van der Waals surface area (Å²) < 4.78 is 0. The van der Waals surface area contributed by atoms with Gasteiger partial charge in [0.15, 0.2) is 0 Å². The molecule has 0 amide bonds. The minimum absolute atomic E-state index is 0.0492. The molecule has 1 unspecified atom stereocenters. The van der Waals surface area contributed by atoms with Gasteiger partial charge in [-0.3, -0.25) is 9.69 Å². The molecule has 1 N–H and O–H groups in total. The van der Waals surface area contributed by atoms with Crippen molar-refractivity contribution in [3.05, 3.63) is 27.4 Å². The van der Waals surface area contributed by atoms with Crippen LogP contribution in [0.1, 0.15) is 42.9 Å². The molecule has 1 saturated carbocycles. The quantitative estimate of drug-likeness (QED) is 0.747. The van der Waals surface area contributed by atoms with Crippen LogP contribution in [0.25, 0.3) is 0 Å². The van der Waals surface area contributed by atoms with E-state index in [1.165, 1.54) is 12.8 Å². The minimum Gasteiger partial charge on any atom is -0.310 e. The Morgan fingerprint density at radius 2 is 2.20 bits per heavy atom. The van der Waals surface area contributed by atoms with E-state index in [9.17, 15) is 4.79 Å². The van der Waals surface area contributed by atoms with Crippen molar-refractivity contribution in [3.63, 3.8) is 0 Å². The Morgan fingerprint density at radius 3 is 2.87 bits per heavy atom. The molecule has 1 aliphatic carbocycles. The standard InChI is InChI=1S/C11H15N3O/c1-6-10-9(5-14(6)8-3-4-8)12-7(2)13-11(10)15/h6,8H,3-5H2,1-2H3,(H,12,13,15). The van der Waals surface area contributed by atoms with E-state index in [4.69, 9.17) is 0 Å². The molecule has 4 heteroatoms. The maximum Gasteiger partial charge on any atom is 0.255 e. The number of rotatable bonds is 1. The highest BCUT2D eigenvalue weighted by Crippen LogP contribution is 2.39. The summed E-state index contributed by atoms with van der Waals surface area (Å²) in [4.78, 5) is 21.4. The van der Waals surface area contributed by atoms with Crippen LogP contribution in [0.3, 0.4) is 0 Å². The lowest BCUT2D eigenvalue weighted by atomic mass is 10.1. The average Bonchev–Trinajstić information content (AvgIpc) is 2.92. The monoisotopic (exact) mass is 205 g/mol. The fourth-order valence-electron chi connectivity index (χ4n) is 2.53. The number of aromatic amines is 1. The zero-order valence-electron chi connectivity index (χ0n) is 9.08. The van der Waals surface area contributed by atoms with E-state index in [1.54, 1.807) is 0 Å². The van der Waals surface area contributed by atoms with E-state index >= 15 is 0 Å². The van der Waals surface area contributed by atoms with Crippen LogP contribution in [0.15, 0.2) is 4.79 Å². The molecular weight excluding hydrogens is 190 g/mol. The molecule has 15 heavy (non-hydrogen) atoms. The van der Waals surface area contributed by atoms with Crippen LogP contribution in [0.2, 0.25) is 0 Å². The third-order valence-electron chi connectivity index (χ3n) is 3.42. The molecule has 1 fully saturated rings. The topological polar surface area (TPSA) is 49.0 Å². The van der Waals surface area contributed by atoms with Crippen molar-refractivity contribution >= 4 is 0 Å². The number of fused-ring (bicyclic) bond motifs is 1. The number of aryl methyl sites for hydroxylation is 1. The lowest BCUT2D eigenvalue weighted by molar-refractivity contribution is 0.217. The van der Waals surface area contributed by atoms with Gasteiger partial charge < -0.3 is 4.98 Å². The summed E-state index contributed by atoms with van der Waals surface area (Å²) in [5.41, 5.74) is 1.91. The van der Waals surface area contributed by atoms with Gasteiger partial charge in [-0.25, -0.2) is 4.98 Å². The first-order valence-electron chi connectivity index (χ1n) is 5.52. The third kappa shape index (κ3) is 1.32. The van der Waals surface area contributed by atoms with E-state index in [0.29, 0.717) is 6.04 Å². The number of aromatic nitrogens is 2. The van der Waals surface area contributed by atoms with Gasteiger partial charge in [0.1, 0.15) is 5.82 Å². The van der Waals surface area contributed by atoms with Gasteiger partial charge in [-0.05, 0) is 26.7 Å². The fraction of sp³-hybridized carbons (Fsp3) is 0.636. The van der Waals surface area contributed by atoms with Gasteiger partial charge in [0, 0.05) is 18.6 Å². The summed E-state index contributed by atoms with van der Waals surface area (Å²) in [6, 6.07) is 0.929. The summed E-state index contributed by atoms with van der Waals surface area (Å²) in [7, 11) is 0. The molecule has 0 saturated heterocycles. The molecule has 1 aliphatic heterocycles. The molecule has 0 aromatic carbocycles. The van der Waals surface area contributed by atoms with Crippen LogP contribution in [0.4, 0.5) is 0 Å². The molecule has 2 heterocycles. The number of hydrogen-bond acceptors (Lipinski definition) is 3. The summed E-state index contributed by atoms with van der Waals surface area (Å²) in [5.74, 6) is 0.726. The van der Waals surface area contributed by atoms with Crippen molar-refractivity contribution < 1.29 is 0 Å². The maximum absolute atomic E-state index is 11.8. The fourth-order valence-corrected chi connectivity index (χ4v) is 2.53.